The predicted octanol–water partition coefficient (Wildman–Crippen LogP) is 3.30. The molecule has 0 amide bonds. The maximum atomic E-state index is 9.78. The van der Waals surface area contributed by atoms with Crippen molar-refractivity contribution in [1.29, 1.82) is 5.26 Å². The molecule has 0 bridgehead atoms. The Bertz CT molecular complexity index is 434. The van der Waals surface area contributed by atoms with Gasteiger partial charge in [-0.1, -0.05) is 6.42 Å². The number of aromatic hydroxyl groups is 1. The molecule has 0 unspecified atom stereocenters. The molecule has 2 nitrogen and oxygen atoms in total. The van der Waals surface area contributed by atoms with Gasteiger partial charge in [0.25, 0.3) is 0 Å². The first-order valence-corrected chi connectivity index (χ1v) is 5.96. The number of benzene rings is 1. The second-order valence-electron chi connectivity index (χ2n) is 3.90. The molecule has 1 aromatic rings. The summed E-state index contributed by atoms with van der Waals surface area (Å²) in [6, 6.07) is 3.86. The maximum Gasteiger partial charge on any atom is 0.147 e. The molecule has 0 aromatic heterocycles. The van der Waals surface area contributed by atoms with E-state index >= 15 is 0 Å². The van der Waals surface area contributed by atoms with Gasteiger partial charge in [0.05, 0.1) is 10.0 Å². The average molecular weight is 266 g/mol. The fourth-order valence-corrected chi connectivity index (χ4v) is 2.77. The molecule has 0 radical (unpaired) electrons. The van der Waals surface area contributed by atoms with E-state index in [9.17, 15) is 5.11 Å². The van der Waals surface area contributed by atoms with E-state index in [1.165, 1.54) is 24.0 Å². The first-order chi connectivity index (χ1) is 7.24. The molecule has 15 heavy (non-hydrogen) atoms. The Morgan fingerprint density at radius 2 is 2.00 bits per heavy atom. The van der Waals surface area contributed by atoms with Gasteiger partial charge in [0.1, 0.15) is 11.8 Å². The highest BCUT2D eigenvalue weighted by Crippen LogP contribution is 2.36. The lowest BCUT2D eigenvalue weighted by atomic mass is 9.99. The lowest BCUT2D eigenvalue weighted by Crippen LogP contribution is -1.95. The lowest BCUT2D eigenvalue weighted by Gasteiger charge is -2.10. The fourth-order valence-electron chi connectivity index (χ4n) is 2.10. The number of phenolic OH excluding ortho intramolecular Hbond substituents is 1. The van der Waals surface area contributed by atoms with E-state index in [0.717, 1.165) is 23.7 Å². The molecule has 0 fully saturated rings. The molecule has 0 saturated carbocycles. The number of aryl methyl sites for hydroxylation is 1. The van der Waals surface area contributed by atoms with Crippen LogP contribution >= 0.6 is 15.9 Å². The number of rotatable bonds is 0. The zero-order chi connectivity index (χ0) is 10.8. The van der Waals surface area contributed by atoms with Gasteiger partial charge in [0.15, 0.2) is 0 Å². The van der Waals surface area contributed by atoms with Crippen LogP contribution in [0.2, 0.25) is 0 Å². The highest BCUT2D eigenvalue weighted by Gasteiger charge is 2.17. The second kappa shape index (κ2) is 4.24. The van der Waals surface area contributed by atoms with E-state index in [4.69, 9.17) is 5.26 Å². The second-order valence-corrected chi connectivity index (χ2v) is 4.69. The Kier molecular flexibility index (Phi) is 2.97. The van der Waals surface area contributed by atoms with Gasteiger partial charge in [0.2, 0.25) is 0 Å². The van der Waals surface area contributed by atoms with Gasteiger partial charge in [-0.2, -0.15) is 5.26 Å². The topological polar surface area (TPSA) is 44.0 Å². The van der Waals surface area contributed by atoms with E-state index < -0.39 is 0 Å². The Morgan fingerprint density at radius 3 is 2.73 bits per heavy atom. The molecular formula is C12H12BrNO. The van der Waals surface area contributed by atoms with Crippen LogP contribution in [0.1, 0.15) is 36.0 Å². The molecule has 1 aliphatic rings. The largest absolute Gasteiger partial charge is 0.505 e. The van der Waals surface area contributed by atoms with Gasteiger partial charge in [-0.05, 0) is 58.8 Å². The number of hydrogen-bond acceptors (Lipinski definition) is 2. The molecule has 1 aromatic carbocycles. The van der Waals surface area contributed by atoms with Crippen LogP contribution in [0.5, 0.6) is 5.75 Å². The van der Waals surface area contributed by atoms with Gasteiger partial charge < -0.3 is 5.11 Å². The van der Waals surface area contributed by atoms with Crippen LogP contribution in [-0.2, 0) is 12.8 Å². The molecule has 1 aliphatic carbocycles. The quantitative estimate of drug-likeness (QED) is 0.732. The van der Waals surface area contributed by atoms with Crippen molar-refractivity contribution in [3.63, 3.8) is 0 Å². The summed E-state index contributed by atoms with van der Waals surface area (Å²) in [6.45, 7) is 0. The third-order valence-electron chi connectivity index (χ3n) is 2.93. The number of hydrogen-bond donors (Lipinski definition) is 1. The van der Waals surface area contributed by atoms with Crippen LogP contribution in [0.4, 0.5) is 0 Å². The first-order valence-electron chi connectivity index (χ1n) is 5.17. The van der Waals surface area contributed by atoms with Crippen molar-refractivity contribution < 1.29 is 5.11 Å². The van der Waals surface area contributed by atoms with E-state index in [-0.39, 0.29) is 5.75 Å². The van der Waals surface area contributed by atoms with Crippen molar-refractivity contribution >= 4 is 15.9 Å². The Balaban J connectivity index is 2.59. The molecule has 0 spiro atoms. The molecule has 0 aliphatic heterocycles. The molecule has 0 atom stereocenters. The van der Waals surface area contributed by atoms with Gasteiger partial charge >= 0.3 is 0 Å². The molecule has 78 valence electrons. The summed E-state index contributed by atoms with van der Waals surface area (Å²) in [5.41, 5.74) is 2.78. The molecule has 0 heterocycles. The van der Waals surface area contributed by atoms with E-state index in [2.05, 4.69) is 15.9 Å². The van der Waals surface area contributed by atoms with Crippen LogP contribution in [0.3, 0.4) is 0 Å². The van der Waals surface area contributed by atoms with E-state index in [0.29, 0.717) is 5.56 Å². The number of phenols is 1. The Labute approximate surface area is 97.7 Å². The van der Waals surface area contributed by atoms with Crippen LogP contribution in [0, 0.1) is 11.3 Å². The molecule has 1 N–H and O–H groups in total. The molecule has 3 heteroatoms. The average Bonchev–Trinajstić information content (AvgIpc) is 2.48. The zero-order valence-corrected chi connectivity index (χ0v) is 9.97. The summed E-state index contributed by atoms with van der Waals surface area (Å²) in [6.07, 6.45) is 5.58. The fraction of sp³-hybridized carbons (Fsp3) is 0.417. The van der Waals surface area contributed by atoms with Gasteiger partial charge in [0, 0.05) is 0 Å². The Hall–Kier alpha value is -1.01. The summed E-state index contributed by atoms with van der Waals surface area (Å²) in [4.78, 5) is 0. The summed E-state index contributed by atoms with van der Waals surface area (Å²) in [7, 11) is 0. The normalized spacial score (nSPS) is 15.2. The first kappa shape index (κ1) is 10.5. The van der Waals surface area contributed by atoms with E-state index in [1.54, 1.807) is 0 Å². The number of nitrogens with zero attached hydrogens (tertiary/aromatic N) is 1. The number of halogens is 1. The highest BCUT2D eigenvalue weighted by atomic mass is 79.9. The van der Waals surface area contributed by atoms with Crippen molar-refractivity contribution in [3.05, 3.63) is 27.2 Å². The van der Waals surface area contributed by atoms with Gasteiger partial charge in [-0.3, -0.25) is 0 Å². The molecule has 0 saturated heterocycles. The van der Waals surface area contributed by atoms with Crippen molar-refractivity contribution in [2.75, 3.05) is 0 Å². The summed E-state index contributed by atoms with van der Waals surface area (Å²) < 4.78 is 0.721. The summed E-state index contributed by atoms with van der Waals surface area (Å²) in [5.74, 6) is 0.0955. The highest BCUT2D eigenvalue weighted by molar-refractivity contribution is 9.10. The third-order valence-corrected chi connectivity index (χ3v) is 3.78. The van der Waals surface area contributed by atoms with Gasteiger partial charge in [-0.25, -0.2) is 0 Å². The van der Waals surface area contributed by atoms with Crippen LogP contribution in [-0.4, -0.2) is 5.11 Å². The minimum absolute atomic E-state index is 0.0955. The SMILES string of the molecule is N#Cc1cc2c(c(Br)c1O)CCCCC2. The molecular weight excluding hydrogens is 254 g/mol. The number of nitriles is 1. The van der Waals surface area contributed by atoms with Crippen molar-refractivity contribution in [2.24, 2.45) is 0 Å². The van der Waals surface area contributed by atoms with Gasteiger partial charge in [-0.15, -0.1) is 0 Å². The smallest absolute Gasteiger partial charge is 0.147 e. The number of fused-ring (bicyclic) bond motifs is 1. The standard InChI is InChI=1S/C12H12BrNO/c13-11-10-5-3-1-2-4-8(10)6-9(7-14)12(11)15/h6,15H,1-5H2. The van der Waals surface area contributed by atoms with Crippen molar-refractivity contribution in [1.82, 2.24) is 0 Å². The van der Waals surface area contributed by atoms with Crippen LogP contribution in [0.15, 0.2) is 10.5 Å². The minimum atomic E-state index is 0.0955. The monoisotopic (exact) mass is 265 g/mol. The van der Waals surface area contributed by atoms with Crippen molar-refractivity contribution in [2.45, 2.75) is 32.1 Å². The van der Waals surface area contributed by atoms with Crippen LogP contribution < -0.4 is 0 Å². The maximum absolute atomic E-state index is 9.78. The van der Waals surface area contributed by atoms with Crippen LogP contribution in [0.25, 0.3) is 0 Å². The summed E-state index contributed by atoms with van der Waals surface area (Å²) >= 11 is 3.39. The Morgan fingerprint density at radius 1 is 1.27 bits per heavy atom. The van der Waals surface area contributed by atoms with E-state index in [1.807, 2.05) is 12.1 Å². The third kappa shape index (κ3) is 1.87. The lowest BCUT2D eigenvalue weighted by molar-refractivity contribution is 0.469. The molecule has 2 rings (SSSR count). The zero-order valence-electron chi connectivity index (χ0n) is 8.39. The minimum Gasteiger partial charge on any atom is -0.505 e. The summed E-state index contributed by atoms with van der Waals surface area (Å²) in [5, 5.41) is 18.7. The predicted molar refractivity (Wildman–Crippen MR) is 61.8 cm³/mol. The van der Waals surface area contributed by atoms with Crippen molar-refractivity contribution in [3.8, 4) is 11.8 Å².